The molecular weight excluding hydrogens is 353 g/mol. The third kappa shape index (κ3) is 4.15. The van der Waals surface area contributed by atoms with Gasteiger partial charge in [0, 0.05) is 37.1 Å². The van der Waals surface area contributed by atoms with Crippen LogP contribution in [0.5, 0.6) is 0 Å². The summed E-state index contributed by atoms with van der Waals surface area (Å²) in [5, 5.41) is 14.3. The van der Waals surface area contributed by atoms with Crippen molar-refractivity contribution in [1.82, 2.24) is 0 Å². The van der Waals surface area contributed by atoms with Gasteiger partial charge < -0.3 is 10.2 Å². The van der Waals surface area contributed by atoms with E-state index in [2.05, 4.69) is 5.32 Å². The summed E-state index contributed by atoms with van der Waals surface area (Å²) < 4.78 is 0. The molecule has 0 atom stereocenters. The van der Waals surface area contributed by atoms with Gasteiger partial charge in [0.15, 0.2) is 10.6 Å². The quantitative estimate of drug-likeness (QED) is 0.354. The Hall–Kier alpha value is -2.31. The van der Waals surface area contributed by atoms with E-state index in [0.717, 1.165) is 11.8 Å². The second kappa shape index (κ2) is 7.51. The molecular formula is C16H15Cl2N3O3. The van der Waals surface area contributed by atoms with Crippen molar-refractivity contribution in [3.05, 3.63) is 58.1 Å². The van der Waals surface area contributed by atoms with Crippen LogP contribution in [-0.2, 0) is 0 Å². The van der Waals surface area contributed by atoms with E-state index in [0.29, 0.717) is 5.69 Å². The van der Waals surface area contributed by atoms with Gasteiger partial charge in [0.05, 0.1) is 4.92 Å². The molecule has 0 aliphatic rings. The largest absolute Gasteiger partial charge is 0.378 e. The number of alkyl halides is 2. The third-order valence-electron chi connectivity index (χ3n) is 3.34. The maximum atomic E-state index is 11.8. The van der Waals surface area contributed by atoms with Crippen LogP contribution in [0, 0.1) is 10.1 Å². The second-order valence-electron chi connectivity index (χ2n) is 5.22. The fourth-order valence-electron chi connectivity index (χ4n) is 2.07. The molecule has 2 aromatic rings. The van der Waals surface area contributed by atoms with Crippen LogP contribution in [0.15, 0.2) is 42.5 Å². The van der Waals surface area contributed by atoms with Crippen LogP contribution in [0.25, 0.3) is 0 Å². The molecule has 0 amide bonds. The third-order valence-corrected chi connectivity index (χ3v) is 3.74. The smallest absolute Gasteiger partial charge is 0.293 e. The van der Waals surface area contributed by atoms with Gasteiger partial charge in [-0.1, -0.05) is 23.2 Å². The monoisotopic (exact) mass is 367 g/mol. The van der Waals surface area contributed by atoms with Crippen molar-refractivity contribution in [3.63, 3.8) is 0 Å². The van der Waals surface area contributed by atoms with Gasteiger partial charge in [0.2, 0.25) is 0 Å². The summed E-state index contributed by atoms with van der Waals surface area (Å²) in [5.41, 5.74) is 1.83. The number of nitrogens with zero attached hydrogens (tertiary/aromatic N) is 2. The van der Waals surface area contributed by atoms with Crippen LogP contribution >= 0.6 is 23.2 Å². The van der Waals surface area contributed by atoms with E-state index >= 15 is 0 Å². The highest BCUT2D eigenvalue weighted by Crippen LogP contribution is 2.30. The van der Waals surface area contributed by atoms with Gasteiger partial charge in [-0.05, 0) is 36.4 Å². The van der Waals surface area contributed by atoms with Gasteiger partial charge in [-0.15, -0.1) is 0 Å². The minimum absolute atomic E-state index is 0.0882. The number of nitro groups is 1. The zero-order valence-electron chi connectivity index (χ0n) is 13.0. The van der Waals surface area contributed by atoms with Crippen LogP contribution < -0.4 is 10.2 Å². The normalized spacial score (nSPS) is 10.5. The van der Waals surface area contributed by atoms with E-state index in [-0.39, 0.29) is 16.9 Å². The van der Waals surface area contributed by atoms with Crippen LogP contribution in [0.1, 0.15) is 10.4 Å². The summed E-state index contributed by atoms with van der Waals surface area (Å²) >= 11 is 11.1. The molecule has 0 radical (unpaired) electrons. The molecule has 2 aromatic carbocycles. The van der Waals surface area contributed by atoms with Gasteiger partial charge >= 0.3 is 0 Å². The molecule has 0 saturated heterocycles. The number of anilines is 3. The molecule has 6 nitrogen and oxygen atoms in total. The molecule has 0 aliphatic heterocycles. The molecule has 0 unspecified atom stereocenters. The Morgan fingerprint density at radius 3 is 2.29 bits per heavy atom. The lowest BCUT2D eigenvalue weighted by Crippen LogP contribution is -2.09. The summed E-state index contributed by atoms with van der Waals surface area (Å²) in [6.07, 6.45) is 0. The Morgan fingerprint density at radius 2 is 1.79 bits per heavy atom. The Bertz CT molecular complexity index is 762. The molecule has 0 bridgehead atoms. The van der Waals surface area contributed by atoms with Crippen molar-refractivity contribution >= 4 is 51.7 Å². The fraction of sp³-hybridized carbons (Fsp3) is 0.188. The molecule has 126 valence electrons. The first kappa shape index (κ1) is 18.0. The SMILES string of the molecule is CN(C)c1ccc(Nc2ccc(C(=O)C(Cl)Cl)cc2[N+](=O)[O-])cc1. The predicted octanol–water partition coefficient (Wildman–Crippen LogP) is 4.39. The standard InChI is InChI=1S/C16H15Cl2N3O3/c1-20(2)12-6-4-11(5-7-12)19-13-8-3-10(15(22)16(17)18)9-14(13)21(23)24/h3-9,16,19H,1-2H3. The number of carbonyl (C=O) groups excluding carboxylic acids is 1. The average molecular weight is 368 g/mol. The summed E-state index contributed by atoms with van der Waals surface area (Å²) in [7, 11) is 3.84. The first-order chi connectivity index (χ1) is 11.3. The summed E-state index contributed by atoms with van der Waals surface area (Å²) in [5.74, 6) is -0.580. The van der Waals surface area contributed by atoms with Gasteiger partial charge in [0.25, 0.3) is 5.69 Å². The Labute approximate surface area is 149 Å². The van der Waals surface area contributed by atoms with Crippen molar-refractivity contribution in [2.45, 2.75) is 4.84 Å². The van der Waals surface area contributed by atoms with Crippen molar-refractivity contribution in [2.24, 2.45) is 0 Å². The number of nitro benzene ring substituents is 1. The van der Waals surface area contributed by atoms with Crippen molar-refractivity contribution in [1.29, 1.82) is 0 Å². The van der Waals surface area contributed by atoms with E-state index in [4.69, 9.17) is 23.2 Å². The fourth-order valence-corrected chi connectivity index (χ4v) is 2.32. The number of nitrogens with one attached hydrogen (secondary N) is 1. The number of Topliss-reactive ketones (excluding diaryl/α,β-unsaturated/α-hetero) is 1. The minimum Gasteiger partial charge on any atom is -0.378 e. The van der Waals surface area contributed by atoms with Crippen molar-refractivity contribution in [2.75, 3.05) is 24.3 Å². The highest BCUT2D eigenvalue weighted by Gasteiger charge is 2.21. The molecule has 8 heteroatoms. The molecule has 0 heterocycles. The summed E-state index contributed by atoms with van der Waals surface area (Å²) in [6.45, 7) is 0. The Balaban J connectivity index is 2.32. The molecule has 2 rings (SSSR count). The van der Waals surface area contributed by atoms with Gasteiger partial charge in [0.1, 0.15) is 5.69 Å². The number of carbonyl (C=O) groups is 1. The second-order valence-corrected chi connectivity index (χ2v) is 6.32. The highest BCUT2D eigenvalue weighted by atomic mass is 35.5. The summed E-state index contributed by atoms with van der Waals surface area (Å²) in [6, 6.07) is 11.5. The van der Waals surface area contributed by atoms with Crippen LogP contribution in [0.4, 0.5) is 22.7 Å². The van der Waals surface area contributed by atoms with Crippen molar-refractivity contribution in [3.8, 4) is 0 Å². The maximum absolute atomic E-state index is 11.8. The molecule has 0 aliphatic carbocycles. The number of rotatable bonds is 6. The average Bonchev–Trinajstić information content (AvgIpc) is 2.54. The topological polar surface area (TPSA) is 75.5 Å². The van der Waals surface area contributed by atoms with E-state index in [9.17, 15) is 14.9 Å². The Kier molecular flexibility index (Phi) is 5.64. The van der Waals surface area contributed by atoms with Crippen LogP contribution in [0.3, 0.4) is 0 Å². The van der Waals surface area contributed by atoms with Gasteiger partial charge in [-0.25, -0.2) is 0 Å². The number of halogens is 2. The molecule has 0 saturated carbocycles. The van der Waals surface area contributed by atoms with Crippen LogP contribution in [-0.4, -0.2) is 29.6 Å². The first-order valence-electron chi connectivity index (χ1n) is 6.95. The minimum atomic E-state index is -1.26. The number of hydrogen-bond donors (Lipinski definition) is 1. The van der Waals surface area contributed by atoms with Gasteiger partial charge in [-0.2, -0.15) is 0 Å². The lowest BCUT2D eigenvalue weighted by atomic mass is 10.1. The molecule has 0 aromatic heterocycles. The lowest BCUT2D eigenvalue weighted by molar-refractivity contribution is -0.383. The summed E-state index contributed by atoms with van der Waals surface area (Å²) in [4.78, 5) is 23.2. The zero-order chi connectivity index (χ0) is 17.9. The number of benzene rings is 2. The number of ketones is 1. The molecule has 0 spiro atoms. The Morgan fingerprint density at radius 1 is 1.17 bits per heavy atom. The molecule has 1 N–H and O–H groups in total. The zero-order valence-corrected chi connectivity index (χ0v) is 14.5. The maximum Gasteiger partial charge on any atom is 0.293 e. The highest BCUT2D eigenvalue weighted by molar-refractivity contribution is 6.55. The van der Waals surface area contributed by atoms with E-state index in [1.54, 1.807) is 0 Å². The molecule has 24 heavy (non-hydrogen) atoms. The first-order valence-corrected chi connectivity index (χ1v) is 7.82. The van der Waals surface area contributed by atoms with E-state index in [1.165, 1.54) is 12.1 Å². The van der Waals surface area contributed by atoms with Crippen molar-refractivity contribution < 1.29 is 9.72 Å². The predicted molar refractivity (Wildman–Crippen MR) is 97.0 cm³/mol. The van der Waals surface area contributed by atoms with E-state index < -0.39 is 15.5 Å². The molecule has 0 fully saturated rings. The lowest BCUT2D eigenvalue weighted by Gasteiger charge is -2.13. The van der Waals surface area contributed by atoms with Gasteiger partial charge in [-0.3, -0.25) is 14.9 Å². The number of hydrogen-bond acceptors (Lipinski definition) is 5. The van der Waals surface area contributed by atoms with Crippen LogP contribution in [0.2, 0.25) is 0 Å². The van der Waals surface area contributed by atoms with E-state index in [1.807, 2.05) is 43.3 Å².